The van der Waals surface area contributed by atoms with Crippen LogP contribution in [0.25, 0.3) is 0 Å². The van der Waals surface area contributed by atoms with Crippen LogP contribution >= 0.6 is 11.3 Å². The lowest BCUT2D eigenvalue weighted by Gasteiger charge is -2.21. The zero-order valence-electron chi connectivity index (χ0n) is 14.4. The van der Waals surface area contributed by atoms with Crippen molar-refractivity contribution in [2.75, 3.05) is 13.2 Å². The summed E-state index contributed by atoms with van der Waals surface area (Å²) < 4.78 is 5.19. The zero-order valence-corrected chi connectivity index (χ0v) is 15.3. The Morgan fingerprint density at radius 1 is 1.25 bits per heavy atom. The molecule has 1 aromatic rings. The van der Waals surface area contributed by atoms with Gasteiger partial charge >= 0.3 is 5.97 Å². The van der Waals surface area contributed by atoms with Crippen molar-refractivity contribution in [1.29, 1.82) is 0 Å². The van der Waals surface area contributed by atoms with Crippen LogP contribution < -0.4 is 5.32 Å². The van der Waals surface area contributed by atoms with E-state index in [-0.39, 0.29) is 18.5 Å². The lowest BCUT2D eigenvalue weighted by atomic mass is 9.89. The van der Waals surface area contributed by atoms with Gasteiger partial charge in [0.1, 0.15) is 4.88 Å². The molecule has 1 N–H and O–H groups in total. The molecule has 1 atom stereocenters. The van der Waals surface area contributed by atoms with Crippen molar-refractivity contribution in [2.45, 2.75) is 58.3 Å². The number of nitrogens with one attached hydrogen (secondary N) is 1. The zero-order chi connectivity index (χ0) is 16.9. The minimum Gasteiger partial charge on any atom is -0.451 e. The number of thiophene rings is 1. The first-order valence-electron chi connectivity index (χ1n) is 9.17. The number of hydrogen-bond acceptors (Lipinski definition) is 4. The average Bonchev–Trinajstić information content (AvgIpc) is 3.02. The van der Waals surface area contributed by atoms with Crippen molar-refractivity contribution in [1.82, 2.24) is 5.32 Å². The minimum absolute atomic E-state index is 0.176. The van der Waals surface area contributed by atoms with Gasteiger partial charge in [-0.2, -0.15) is 0 Å². The third-order valence-corrected chi connectivity index (χ3v) is 6.39. The Morgan fingerprint density at radius 2 is 2.04 bits per heavy atom. The fourth-order valence-electron chi connectivity index (χ4n) is 3.71. The number of amides is 1. The topological polar surface area (TPSA) is 55.4 Å². The largest absolute Gasteiger partial charge is 0.451 e. The van der Waals surface area contributed by atoms with Gasteiger partial charge in [0, 0.05) is 11.4 Å². The number of carbonyl (C=O) groups is 2. The summed E-state index contributed by atoms with van der Waals surface area (Å²) in [4.78, 5) is 26.0. The number of esters is 1. The maximum absolute atomic E-state index is 12.2. The van der Waals surface area contributed by atoms with E-state index in [2.05, 4.69) is 12.2 Å². The average molecular weight is 349 g/mol. The number of rotatable bonds is 5. The quantitative estimate of drug-likeness (QED) is 0.824. The van der Waals surface area contributed by atoms with Gasteiger partial charge in [0.2, 0.25) is 0 Å². The Morgan fingerprint density at radius 3 is 2.83 bits per heavy atom. The van der Waals surface area contributed by atoms with E-state index in [0.717, 1.165) is 12.8 Å². The van der Waals surface area contributed by atoms with Gasteiger partial charge in [-0.15, -0.1) is 11.3 Å². The maximum Gasteiger partial charge on any atom is 0.348 e. The second kappa shape index (κ2) is 8.15. The summed E-state index contributed by atoms with van der Waals surface area (Å²) in [6.45, 7) is 2.78. The smallest absolute Gasteiger partial charge is 0.348 e. The van der Waals surface area contributed by atoms with Gasteiger partial charge in [0.05, 0.1) is 0 Å². The molecule has 1 saturated carbocycles. The first kappa shape index (κ1) is 17.5. The lowest BCUT2D eigenvalue weighted by Crippen LogP contribution is -2.33. The van der Waals surface area contributed by atoms with E-state index in [1.807, 2.05) is 6.07 Å². The molecule has 132 valence electrons. The van der Waals surface area contributed by atoms with Crippen LogP contribution in [-0.2, 0) is 22.4 Å². The lowest BCUT2D eigenvalue weighted by molar-refractivity contribution is -0.124. The molecule has 0 bridgehead atoms. The van der Waals surface area contributed by atoms with Gasteiger partial charge in [-0.1, -0.05) is 26.2 Å². The van der Waals surface area contributed by atoms with Crippen LogP contribution in [0.5, 0.6) is 0 Å². The van der Waals surface area contributed by atoms with Crippen LogP contribution in [0, 0.1) is 11.8 Å². The Balaban J connectivity index is 1.42. The maximum atomic E-state index is 12.2. The molecule has 0 radical (unpaired) electrons. The van der Waals surface area contributed by atoms with Gasteiger partial charge in [0.15, 0.2) is 6.61 Å². The SMILES string of the molecule is C[C@H]1CCc2sc(C(=O)OCC(=O)NCC3CCCCC3)cc2C1. The van der Waals surface area contributed by atoms with Crippen LogP contribution in [0.1, 0.15) is 65.6 Å². The number of carbonyl (C=O) groups excluding carboxylic acids is 2. The van der Waals surface area contributed by atoms with E-state index in [4.69, 9.17) is 4.74 Å². The molecule has 0 spiro atoms. The molecule has 3 rings (SSSR count). The fourth-order valence-corrected chi connectivity index (χ4v) is 4.81. The van der Waals surface area contributed by atoms with Crippen molar-refractivity contribution in [3.05, 3.63) is 21.4 Å². The first-order valence-corrected chi connectivity index (χ1v) is 9.99. The number of aryl methyl sites for hydroxylation is 1. The molecule has 1 aromatic heterocycles. The Kier molecular flexibility index (Phi) is 5.93. The first-order chi connectivity index (χ1) is 11.6. The van der Waals surface area contributed by atoms with Gasteiger partial charge in [-0.25, -0.2) is 4.79 Å². The Labute approximate surface area is 148 Å². The third-order valence-electron chi connectivity index (χ3n) is 5.18. The van der Waals surface area contributed by atoms with E-state index in [1.54, 1.807) is 0 Å². The predicted molar refractivity (Wildman–Crippen MR) is 95.4 cm³/mol. The second-order valence-corrected chi connectivity index (χ2v) is 8.43. The van der Waals surface area contributed by atoms with Gasteiger partial charge in [-0.05, 0) is 55.6 Å². The fraction of sp³-hybridized carbons (Fsp3) is 0.684. The van der Waals surface area contributed by atoms with E-state index in [1.165, 1.54) is 60.3 Å². The molecule has 2 aliphatic rings. The van der Waals surface area contributed by atoms with Crippen LogP contribution in [0.2, 0.25) is 0 Å². The standard InChI is InChI=1S/C19H27NO3S/c1-13-7-8-16-15(9-13)10-17(24-16)19(22)23-12-18(21)20-11-14-5-3-2-4-6-14/h10,13-14H,2-9,11-12H2,1H3,(H,20,21)/t13-/m0/s1. The summed E-state index contributed by atoms with van der Waals surface area (Å²) >= 11 is 1.53. The van der Waals surface area contributed by atoms with Crippen molar-refractivity contribution in [3.63, 3.8) is 0 Å². The van der Waals surface area contributed by atoms with E-state index in [0.29, 0.717) is 23.3 Å². The van der Waals surface area contributed by atoms with Gasteiger partial charge < -0.3 is 10.1 Å². The summed E-state index contributed by atoms with van der Waals surface area (Å²) in [5, 5.41) is 2.90. The van der Waals surface area contributed by atoms with E-state index >= 15 is 0 Å². The summed E-state index contributed by atoms with van der Waals surface area (Å²) in [6.07, 6.45) is 9.50. The van der Waals surface area contributed by atoms with E-state index < -0.39 is 0 Å². The van der Waals surface area contributed by atoms with Crippen molar-refractivity contribution < 1.29 is 14.3 Å². The molecule has 24 heavy (non-hydrogen) atoms. The Hall–Kier alpha value is -1.36. The number of ether oxygens (including phenoxy) is 1. The van der Waals surface area contributed by atoms with Crippen molar-refractivity contribution in [3.8, 4) is 0 Å². The van der Waals surface area contributed by atoms with Crippen molar-refractivity contribution >= 4 is 23.2 Å². The predicted octanol–water partition coefficient (Wildman–Crippen LogP) is 3.73. The summed E-state index contributed by atoms with van der Waals surface area (Å²) in [5.41, 5.74) is 1.28. The second-order valence-electron chi connectivity index (χ2n) is 7.29. The molecule has 0 aromatic carbocycles. The van der Waals surface area contributed by atoms with E-state index in [9.17, 15) is 9.59 Å². The summed E-state index contributed by atoms with van der Waals surface area (Å²) in [6, 6.07) is 1.96. The molecular formula is C19H27NO3S. The minimum atomic E-state index is -0.366. The van der Waals surface area contributed by atoms with Crippen LogP contribution in [0.4, 0.5) is 0 Å². The molecular weight excluding hydrogens is 322 g/mol. The molecule has 0 unspecified atom stereocenters. The monoisotopic (exact) mass is 349 g/mol. The normalized spacial score (nSPS) is 21.1. The third kappa shape index (κ3) is 4.59. The molecule has 0 aliphatic heterocycles. The Bertz CT molecular complexity index is 589. The highest BCUT2D eigenvalue weighted by Gasteiger charge is 2.22. The summed E-state index contributed by atoms with van der Waals surface area (Å²) in [7, 11) is 0. The highest BCUT2D eigenvalue weighted by atomic mass is 32.1. The number of hydrogen-bond donors (Lipinski definition) is 1. The van der Waals surface area contributed by atoms with Crippen LogP contribution in [-0.4, -0.2) is 25.0 Å². The molecule has 4 nitrogen and oxygen atoms in total. The molecule has 1 heterocycles. The highest BCUT2D eigenvalue weighted by molar-refractivity contribution is 7.14. The summed E-state index contributed by atoms with van der Waals surface area (Å²) in [5.74, 6) is 0.713. The molecule has 0 saturated heterocycles. The van der Waals surface area contributed by atoms with Gasteiger partial charge in [0.25, 0.3) is 5.91 Å². The van der Waals surface area contributed by atoms with Crippen molar-refractivity contribution in [2.24, 2.45) is 11.8 Å². The van der Waals surface area contributed by atoms with Crippen LogP contribution in [0.15, 0.2) is 6.07 Å². The molecule has 5 heteroatoms. The molecule has 1 amide bonds. The van der Waals surface area contributed by atoms with Gasteiger partial charge in [-0.3, -0.25) is 4.79 Å². The molecule has 1 fully saturated rings. The molecule has 2 aliphatic carbocycles. The highest BCUT2D eigenvalue weighted by Crippen LogP contribution is 2.32. The van der Waals surface area contributed by atoms with Crippen LogP contribution in [0.3, 0.4) is 0 Å². The number of fused-ring (bicyclic) bond motifs is 1.